The van der Waals surface area contributed by atoms with Gasteiger partial charge in [-0.3, -0.25) is 22.9 Å². The molecule has 0 radical (unpaired) electrons. The van der Waals surface area contributed by atoms with Gasteiger partial charge in [0.2, 0.25) is 0 Å². The Labute approximate surface area is 574 Å². The number of nitrogens with two attached hydrogens (primary N) is 1. The lowest BCUT2D eigenvalue weighted by Gasteiger charge is -2.26. The molecule has 0 aliphatic carbocycles. The number of carbonyl (C=O) groups is 3. The number of nitrogens with zero attached hydrogens (tertiary/aromatic N) is 13. The van der Waals surface area contributed by atoms with Crippen LogP contribution in [-0.4, -0.2) is 219 Å². The number of nitriles is 1. The first-order valence-corrected chi connectivity index (χ1v) is 37.2. The molecule has 7 aliphatic heterocycles. The molecular weight excluding hydrogens is 1360 g/mol. The summed E-state index contributed by atoms with van der Waals surface area (Å²) in [5, 5.41) is 9.02. The molecular formula is C66H89BrN14O12S3. The molecule has 2 aromatic heterocycles. The van der Waals surface area contributed by atoms with Crippen LogP contribution in [0.25, 0.3) is 22.5 Å². The summed E-state index contributed by atoms with van der Waals surface area (Å²) in [4.78, 5) is 51.2. The number of benzene rings is 3. The van der Waals surface area contributed by atoms with Crippen LogP contribution in [0.3, 0.4) is 0 Å². The van der Waals surface area contributed by atoms with Crippen molar-refractivity contribution in [2.24, 2.45) is 5.73 Å². The minimum Gasteiger partial charge on any atom is -0.444 e. The molecule has 0 unspecified atom stereocenters. The molecule has 5 aromatic rings. The van der Waals surface area contributed by atoms with Crippen LogP contribution in [-0.2, 0) is 44.8 Å². The normalized spacial score (nSPS) is 22.5. The third kappa shape index (κ3) is 18.2. The maximum atomic E-state index is 13.3. The van der Waals surface area contributed by atoms with Crippen LogP contribution >= 0.6 is 15.9 Å². The first kappa shape index (κ1) is 72.9. The zero-order chi connectivity index (χ0) is 69.5. The summed E-state index contributed by atoms with van der Waals surface area (Å²) in [6, 6.07) is 32.9. The molecule has 30 heteroatoms. The first-order valence-electron chi connectivity index (χ1n) is 32.2. The van der Waals surface area contributed by atoms with Crippen LogP contribution in [0.1, 0.15) is 88.0 Å². The van der Waals surface area contributed by atoms with Gasteiger partial charge in [0.25, 0.3) is 0 Å². The number of hydrogen-bond donors (Lipinski definition) is 1. The van der Waals surface area contributed by atoms with Crippen molar-refractivity contribution in [3.05, 3.63) is 126 Å². The van der Waals surface area contributed by atoms with E-state index in [1.165, 1.54) is 25.8 Å². The van der Waals surface area contributed by atoms with Gasteiger partial charge in [0.1, 0.15) is 16.8 Å². The summed E-state index contributed by atoms with van der Waals surface area (Å²) in [6.45, 7) is 23.1. The van der Waals surface area contributed by atoms with Crippen LogP contribution in [0.5, 0.6) is 0 Å². The average Bonchev–Trinajstić information content (AvgIpc) is 1.62. The Morgan fingerprint density at radius 3 is 1.18 bits per heavy atom. The van der Waals surface area contributed by atoms with Crippen LogP contribution in [0, 0.1) is 11.5 Å². The summed E-state index contributed by atoms with van der Waals surface area (Å²) in [5.74, 6) is 0. The minimum absolute atomic E-state index is 0.118. The summed E-state index contributed by atoms with van der Waals surface area (Å²) in [7, 11) is -10.9. The molecule has 0 spiro atoms. The molecule has 3 aromatic carbocycles. The van der Waals surface area contributed by atoms with Crippen molar-refractivity contribution in [1.29, 1.82) is 5.26 Å². The Hall–Kier alpha value is -7.37. The molecule has 7 fully saturated rings. The lowest BCUT2D eigenvalue weighted by atomic mass is 10.1. The molecule has 4 atom stereocenters. The summed E-state index contributed by atoms with van der Waals surface area (Å²) in [6.07, 6.45) is 7.28. The van der Waals surface area contributed by atoms with Gasteiger partial charge in [-0.05, 0) is 155 Å². The predicted molar refractivity (Wildman–Crippen MR) is 371 cm³/mol. The van der Waals surface area contributed by atoms with E-state index in [-0.39, 0.29) is 36.4 Å². The number of ether oxygens (including phenoxy) is 3. The number of amides is 3. The van der Waals surface area contributed by atoms with E-state index in [2.05, 4.69) is 32.1 Å². The van der Waals surface area contributed by atoms with Gasteiger partial charge in [0, 0.05) is 144 Å². The smallest absolute Gasteiger partial charge is 0.410 e. The second-order valence-corrected chi connectivity index (χ2v) is 33.6. The number of hydrogen-bond acceptors (Lipinski definition) is 17. The topological polar surface area (TPSA) is 289 Å². The van der Waals surface area contributed by atoms with Crippen molar-refractivity contribution in [2.45, 2.75) is 129 Å². The highest BCUT2D eigenvalue weighted by Crippen LogP contribution is 2.36. The molecule has 9 heterocycles. The molecule has 7 aliphatic rings. The van der Waals surface area contributed by atoms with Crippen LogP contribution < -0.4 is 18.6 Å². The van der Waals surface area contributed by atoms with Gasteiger partial charge in [-0.1, -0.05) is 58.4 Å². The number of anilines is 3. The van der Waals surface area contributed by atoms with Crippen molar-refractivity contribution >= 4 is 81.9 Å². The molecule has 2 N–H and O–H groups in total. The zero-order valence-corrected chi connectivity index (χ0v) is 60.0. The van der Waals surface area contributed by atoms with Gasteiger partial charge < -0.3 is 39.5 Å². The van der Waals surface area contributed by atoms with E-state index in [9.17, 15) is 39.6 Å². The molecule has 7 saturated heterocycles. The number of halogens is 1. The second kappa shape index (κ2) is 30.2. The van der Waals surface area contributed by atoms with E-state index in [1.807, 2.05) is 153 Å². The minimum atomic E-state index is -3.68. The standard InChI is InChI=1S/C22H28N4O4S.C18H19N5O2S.C17H24BrN3O4S.C9H18N2O2/c1-22(2,3)30-21(27)24-12-10-19(16-24)26-14-13-25(31(26,28)29)18-8-6-7-17(15-18)20-9-4-5-11-23-20;19-14-21-9-7-17(13-21)23-11-10-22(26(23,24)25)16-5-3-4-15(12-16)18-6-1-2-8-20-18;1-17(2,3)25-16(22)19-8-7-15(12-19)21-10-9-20(26(21,23)24)14-6-4-5-13(18)11-14;1-9(2,3)13-8(12)11-5-4-7(10)6-11/h4-9,11,15,19H,10,12-14,16H2,1-3H3;1-6,8,12,17H,7,9-11,13H2;4-6,11,15H,7-10,12H2,1-3H3;7H,4-6,10H2,1-3H3/t19-;17-;15-;7-/m0000/s1. The molecule has 96 heavy (non-hydrogen) atoms. The van der Waals surface area contributed by atoms with Crippen LogP contribution in [0.4, 0.5) is 31.4 Å². The fraction of sp³-hybridized carbons (Fsp3) is 0.515. The maximum Gasteiger partial charge on any atom is 0.410 e. The van der Waals surface area contributed by atoms with Crippen molar-refractivity contribution in [1.82, 2.24) is 42.5 Å². The van der Waals surface area contributed by atoms with Crippen molar-refractivity contribution < 1.29 is 53.8 Å². The molecule has 0 bridgehead atoms. The molecule has 520 valence electrons. The quantitative estimate of drug-likeness (QED) is 0.112. The number of pyridine rings is 2. The van der Waals surface area contributed by atoms with Gasteiger partial charge in [-0.2, -0.15) is 43.4 Å². The van der Waals surface area contributed by atoms with Gasteiger partial charge in [0.15, 0.2) is 6.19 Å². The number of aromatic nitrogens is 2. The third-order valence-corrected chi connectivity index (χ3v) is 23.2. The Kier molecular flexibility index (Phi) is 22.9. The average molecular weight is 1450 g/mol. The van der Waals surface area contributed by atoms with Crippen LogP contribution in [0.2, 0.25) is 0 Å². The Morgan fingerprint density at radius 1 is 0.469 bits per heavy atom. The van der Waals surface area contributed by atoms with Gasteiger partial charge in [-0.25, -0.2) is 14.4 Å². The van der Waals surface area contributed by atoms with Crippen LogP contribution in [0.15, 0.2) is 126 Å². The summed E-state index contributed by atoms with van der Waals surface area (Å²) >= 11 is 3.38. The lowest BCUT2D eigenvalue weighted by molar-refractivity contribution is 0.0276. The van der Waals surface area contributed by atoms with Crippen molar-refractivity contribution in [2.75, 3.05) is 105 Å². The summed E-state index contributed by atoms with van der Waals surface area (Å²) in [5.41, 5.74) is 9.38. The highest BCUT2D eigenvalue weighted by atomic mass is 79.9. The zero-order valence-electron chi connectivity index (χ0n) is 56.0. The predicted octanol–water partition coefficient (Wildman–Crippen LogP) is 8.58. The fourth-order valence-electron chi connectivity index (χ4n) is 12.2. The van der Waals surface area contributed by atoms with E-state index < -0.39 is 53.5 Å². The SMILES string of the molecule is CC(C)(C)OC(=O)N1CC[C@H](N)C1.CC(C)(C)OC(=O)N1CC[C@H](N2CCN(c3cccc(-c4ccccn4)c3)S2(=O)=O)C1.CC(C)(C)OC(=O)N1CC[C@H](N2CCN(c3cccc(Br)c3)S2(=O)=O)C1.N#CN1CC[C@H](N2CCN(c3cccc(-c4ccccn4)c3)S2(=O)=O)C1. The molecule has 3 amide bonds. The van der Waals surface area contributed by atoms with E-state index in [4.69, 9.17) is 25.2 Å². The van der Waals surface area contributed by atoms with Crippen molar-refractivity contribution in [3.63, 3.8) is 0 Å². The highest BCUT2D eigenvalue weighted by Gasteiger charge is 2.47. The Morgan fingerprint density at radius 2 is 0.833 bits per heavy atom. The third-order valence-electron chi connectivity index (χ3n) is 16.6. The number of rotatable bonds is 8. The summed E-state index contributed by atoms with van der Waals surface area (Å²) < 4.78 is 105. The molecule has 0 saturated carbocycles. The van der Waals surface area contributed by atoms with Gasteiger partial charge >= 0.3 is 48.9 Å². The fourth-order valence-corrected chi connectivity index (χ4v) is 18.0. The first-order chi connectivity index (χ1) is 45.2. The Balaban J connectivity index is 0.000000155. The molecule has 12 rings (SSSR count). The van der Waals surface area contributed by atoms with E-state index in [1.54, 1.807) is 50.2 Å². The second-order valence-electron chi connectivity index (χ2n) is 27.3. The largest absolute Gasteiger partial charge is 0.444 e. The lowest BCUT2D eigenvalue weighted by Crippen LogP contribution is -2.43. The van der Waals surface area contributed by atoms with Crippen molar-refractivity contribution in [3.8, 4) is 28.7 Å². The van der Waals surface area contributed by atoms with Gasteiger partial charge in [0.05, 0.1) is 28.5 Å². The van der Waals surface area contributed by atoms with E-state index in [0.29, 0.717) is 121 Å². The Bertz CT molecular complexity index is 3930. The van der Waals surface area contributed by atoms with E-state index in [0.717, 1.165) is 40.0 Å². The van der Waals surface area contributed by atoms with Gasteiger partial charge in [-0.15, -0.1) is 0 Å². The monoisotopic (exact) mass is 1440 g/mol. The number of carbonyl (C=O) groups excluding carboxylic acids is 3. The van der Waals surface area contributed by atoms with E-state index >= 15 is 0 Å². The molecule has 26 nitrogen and oxygen atoms in total. The maximum absolute atomic E-state index is 13.3. The number of likely N-dealkylation sites (tertiary alicyclic amines) is 4. The highest BCUT2D eigenvalue weighted by molar-refractivity contribution is 9.10.